The summed E-state index contributed by atoms with van der Waals surface area (Å²) in [6, 6.07) is 14.7. The van der Waals surface area contributed by atoms with E-state index >= 15 is 0 Å². The second-order valence-corrected chi connectivity index (χ2v) is 5.10. The molecule has 6 heteroatoms. The predicted octanol–water partition coefficient (Wildman–Crippen LogP) is 2.89. The van der Waals surface area contributed by atoms with Crippen molar-refractivity contribution in [2.75, 3.05) is 0 Å². The molecule has 0 fully saturated rings. The van der Waals surface area contributed by atoms with Gasteiger partial charge in [0, 0.05) is 10.6 Å². The molecule has 0 bridgehead atoms. The molecule has 0 aliphatic rings. The number of H-pyrrole nitrogens is 1. The first kappa shape index (κ1) is 12.1. The third-order valence-corrected chi connectivity index (χ3v) is 3.61. The van der Waals surface area contributed by atoms with Crippen LogP contribution in [0.3, 0.4) is 0 Å². The number of halogens is 1. The molecule has 2 heterocycles. The smallest absolute Gasteiger partial charge is 0.267 e. The SMILES string of the molecule is O=c1nc2c(-c3ccccc3)n[nH]n2c2ccc(Cl)cc12. The second kappa shape index (κ2) is 4.43. The van der Waals surface area contributed by atoms with E-state index in [2.05, 4.69) is 15.3 Å². The topological polar surface area (TPSA) is 63.0 Å². The quantitative estimate of drug-likeness (QED) is 0.587. The summed E-state index contributed by atoms with van der Waals surface area (Å²) in [5.41, 5.74) is 2.43. The van der Waals surface area contributed by atoms with Crippen LogP contribution >= 0.6 is 11.6 Å². The fourth-order valence-corrected chi connectivity index (χ4v) is 2.57. The zero-order valence-corrected chi connectivity index (χ0v) is 11.5. The van der Waals surface area contributed by atoms with E-state index < -0.39 is 0 Å². The first-order chi connectivity index (χ1) is 10.2. The van der Waals surface area contributed by atoms with Crippen LogP contribution in [0.15, 0.2) is 53.3 Å². The third kappa shape index (κ3) is 1.82. The molecule has 0 aliphatic heterocycles. The normalized spacial score (nSPS) is 11.3. The van der Waals surface area contributed by atoms with Crippen LogP contribution in [0.25, 0.3) is 27.8 Å². The van der Waals surface area contributed by atoms with Crippen molar-refractivity contribution >= 4 is 28.2 Å². The van der Waals surface area contributed by atoms with Crippen molar-refractivity contribution in [1.29, 1.82) is 0 Å². The van der Waals surface area contributed by atoms with E-state index in [-0.39, 0.29) is 5.56 Å². The molecule has 4 aromatic rings. The summed E-state index contributed by atoms with van der Waals surface area (Å²) < 4.78 is 1.69. The molecular formula is C15H9ClN4O. The van der Waals surface area contributed by atoms with Crippen molar-refractivity contribution in [3.63, 3.8) is 0 Å². The molecule has 0 saturated heterocycles. The lowest BCUT2D eigenvalue weighted by molar-refractivity contribution is 0.874. The van der Waals surface area contributed by atoms with Crippen LogP contribution in [-0.2, 0) is 0 Å². The van der Waals surface area contributed by atoms with Gasteiger partial charge in [0.15, 0.2) is 5.65 Å². The highest BCUT2D eigenvalue weighted by Gasteiger charge is 2.13. The van der Waals surface area contributed by atoms with Crippen LogP contribution in [-0.4, -0.2) is 19.8 Å². The highest BCUT2D eigenvalue weighted by Crippen LogP contribution is 2.23. The maximum absolute atomic E-state index is 12.2. The Morgan fingerprint density at radius 3 is 2.71 bits per heavy atom. The van der Waals surface area contributed by atoms with Gasteiger partial charge in [-0.1, -0.05) is 41.9 Å². The van der Waals surface area contributed by atoms with Gasteiger partial charge >= 0.3 is 0 Å². The lowest BCUT2D eigenvalue weighted by Crippen LogP contribution is -2.10. The van der Waals surface area contributed by atoms with Gasteiger partial charge in [-0.3, -0.25) is 4.79 Å². The molecule has 0 amide bonds. The van der Waals surface area contributed by atoms with E-state index in [1.807, 2.05) is 30.3 Å². The largest absolute Gasteiger partial charge is 0.281 e. The fraction of sp³-hybridized carbons (Fsp3) is 0. The second-order valence-electron chi connectivity index (χ2n) is 4.66. The molecule has 2 aromatic carbocycles. The Kier molecular flexibility index (Phi) is 2.55. The van der Waals surface area contributed by atoms with Gasteiger partial charge in [0.1, 0.15) is 5.69 Å². The van der Waals surface area contributed by atoms with Gasteiger partial charge in [-0.15, -0.1) is 0 Å². The van der Waals surface area contributed by atoms with Gasteiger partial charge in [-0.25, -0.2) is 9.73 Å². The van der Waals surface area contributed by atoms with Gasteiger partial charge in [0.2, 0.25) is 0 Å². The van der Waals surface area contributed by atoms with Crippen molar-refractivity contribution in [2.45, 2.75) is 0 Å². The lowest BCUT2D eigenvalue weighted by Gasteiger charge is -2.01. The molecule has 5 nitrogen and oxygen atoms in total. The molecule has 1 N–H and O–H groups in total. The minimum Gasteiger partial charge on any atom is -0.267 e. The third-order valence-electron chi connectivity index (χ3n) is 3.37. The number of nitrogens with one attached hydrogen (secondary N) is 1. The van der Waals surface area contributed by atoms with Gasteiger partial charge in [0.25, 0.3) is 5.56 Å². The summed E-state index contributed by atoms with van der Waals surface area (Å²) in [5, 5.41) is 8.15. The van der Waals surface area contributed by atoms with Gasteiger partial charge in [-0.05, 0) is 18.2 Å². The molecule has 0 radical (unpaired) electrons. The number of hydrogen-bond acceptors (Lipinski definition) is 3. The van der Waals surface area contributed by atoms with Crippen LogP contribution in [0.5, 0.6) is 0 Å². The number of benzene rings is 2. The molecule has 2 aromatic heterocycles. The summed E-state index contributed by atoms with van der Waals surface area (Å²) in [6.45, 7) is 0. The Morgan fingerprint density at radius 1 is 1.10 bits per heavy atom. The number of rotatable bonds is 1. The molecule has 0 spiro atoms. The van der Waals surface area contributed by atoms with Crippen LogP contribution < -0.4 is 5.56 Å². The minimum atomic E-state index is -0.314. The lowest BCUT2D eigenvalue weighted by atomic mass is 10.1. The molecule has 4 rings (SSSR count). The van der Waals surface area contributed by atoms with Crippen LogP contribution in [0, 0.1) is 0 Å². The van der Waals surface area contributed by atoms with Gasteiger partial charge < -0.3 is 0 Å². The first-order valence-corrected chi connectivity index (χ1v) is 6.74. The molecule has 21 heavy (non-hydrogen) atoms. The standard InChI is InChI=1S/C15H9ClN4O/c16-10-6-7-12-11(8-10)15(21)17-14-13(18-19-20(12)14)9-4-2-1-3-5-9/h1-8,19H. The predicted molar refractivity (Wildman–Crippen MR) is 81.6 cm³/mol. The van der Waals surface area contributed by atoms with E-state index in [0.29, 0.717) is 27.3 Å². The highest BCUT2D eigenvalue weighted by molar-refractivity contribution is 6.31. The number of hydrogen-bond donors (Lipinski definition) is 1. The van der Waals surface area contributed by atoms with Crippen molar-refractivity contribution < 1.29 is 0 Å². The van der Waals surface area contributed by atoms with E-state index in [4.69, 9.17) is 11.6 Å². The highest BCUT2D eigenvalue weighted by atomic mass is 35.5. The molecule has 0 atom stereocenters. The molecular weight excluding hydrogens is 288 g/mol. The molecule has 0 saturated carbocycles. The number of nitrogens with zero attached hydrogens (tertiary/aromatic N) is 3. The Labute approximate surface area is 123 Å². The summed E-state index contributed by atoms with van der Waals surface area (Å²) in [5.74, 6) is 0. The van der Waals surface area contributed by atoms with Crippen LogP contribution in [0.1, 0.15) is 0 Å². The van der Waals surface area contributed by atoms with Crippen molar-refractivity contribution in [2.24, 2.45) is 0 Å². The van der Waals surface area contributed by atoms with Crippen molar-refractivity contribution in [3.8, 4) is 11.3 Å². The maximum Gasteiger partial charge on any atom is 0.281 e. The molecule has 0 unspecified atom stereocenters. The molecule has 0 aliphatic carbocycles. The number of aromatic amines is 1. The number of fused-ring (bicyclic) bond motifs is 3. The Morgan fingerprint density at radius 2 is 1.90 bits per heavy atom. The van der Waals surface area contributed by atoms with Gasteiger partial charge in [0.05, 0.1) is 10.9 Å². The maximum atomic E-state index is 12.2. The Bertz CT molecular complexity index is 1020. The Hall–Kier alpha value is -2.66. The van der Waals surface area contributed by atoms with Crippen LogP contribution in [0.4, 0.5) is 0 Å². The van der Waals surface area contributed by atoms with E-state index in [9.17, 15) is 4.79 Å². The summed E-state index contributed by atoms with van der Waals surface area (Å²) in [7, 11) is 0. The average molecular weight is 297 g/mol. The Balaban J connectivity index is 2.13. The fourth-order valence-electron chi connectivity index (χ4n) is 2.39. The number of aromatic nitrogens is 4. The van der Waals surface area contributed by atoms with E-state index in [0.717, 1.165) is 5.56 Å². The monoisotopic (exact) mass is 296 g/mol. The summed E-state index contributed by atoms with van der Waals surface area (Å²) in [4.78, 5) is 16.3. The summed E-state index contributed by atoms with van der Waals surface area (Å²) in [6.07, 6.45) is 0. The summed E-state index contributed by atoms with van der Waals surface area (Å²) >= 11 is 5.94. The zero-order chi connectivity index (χ0) is 14.4. The first-order valence-electron chi connectivity index (χ1n) is 6.36. The van der Waals surface area contributed by atoms with Crippen molar-refractivity contribution in [3.05, 3.63) is 63.9 Å². The zero-order valence-electron chi connectivity index (χ0n) is 10.7. The minimum absolute atomic E-state index is 0.314. The van der Waals surface area contributed by atoms with Crippen molar-refractivity contribution in [1.82, 2.24) is 19.8 Å². The van der Waals surface area contributed by atoms with E-state index in [1.54, 1.807) is 22.7 Å². The van der Waals surface area contributed by atoms with Crippen LogP contribution in [0.2, 0.25) is 5.02 Å². The molecule has 102 valence electrons. The average Bonchev–Trinajstić information content (AvgIpc) is 2.92. The van der Waals surface area contributed by atoms with E-state index in [1.165, 1.54) is 0 Å². The van der Waals surface area contributed by atoms with Gasteiger partial charge in [-0.2, -0.15) is 10.1 Å².